The minimum Gasteiger partial charge on any atom is -0.381 e. The van der Waals surface area contributed by atoms with Crippen molar-refractivity contribution in [3.05, 3.63) is 11.1 Å². The van der Waals surface area contributed by atoms with Gasteiger partial charge in [0.25, 0.3) is 0 Å². The number of ketones is 1. The average Bonchev–Trinajstić information content (AvgIpc) is 2.84. The van der Waals surface area contributed by atoms with Crippen molar-refractivity contribution in [2.24, 2.45) is 5.92 Å². The van der Waals surface area contributed by atoms with E-state index in [9.17, 15) is 4.79 Å². The highest BCUT2D eigenvalue weighted by molar-refractivity contribution is 8.01. The summed E-state index contributed by atoms with van der Waals surface area (Å²) in [5, 5.41) is 2.01. The summed E-state index contributed by atoms with van der Waals surface area (Å²) in [6.45, 7) is 3.31. The van der Waals surface area contributed by atoms with E-state index in [4.69, 9.17) is 4.74 Å². The molecular weight excluding hydrogens is 230 g/mol. The van der Waals surface area contributed by atoms with Gasteiger partial charge in [0.1, 0.15) is 5.78 Å². The Labute approximate surface area is 97.2 Å². The van der Waals surface area contributed by atoms with E-state index in [-0.39, 0.29) is 5.92 Å². The first-order valence-electron chi connectivity index (χ1n) is 4.91. The maximum absolute atomic E-state index is 11.7. The smallest absolute Gasteiger partial charge is 0.150 e. The normalized spacial score (nSPS) is 20.7. The van der Waals surface area contributed by atoms with Gasteiger partial charge in [-0.2, -0.15) is 0 Å². The van der Waals surface area contributed by atoms with Gasteiger partial charge in [-0.3, -0.25) is 4.79 Å². The molecule has 1 aliphatic rings. The fraction of sp³-hybridized carbons (Fsp3) is 0.600. The zero-order chi connectivity index (χ0) is 10.7. The van der Waals surface area contributed by atoms with Crippen molar-refractivity contribution in [1.29, 1.82) is 0 Å². The number of thiazole rings is 1. The van der Waals surface area contributed by atoms with Crippen LogP contribution in [0.4, 0.5) is 0 Å². The van der Waals surface area contributed by atoms with Gasteiger partial charge in [0, 0.05) is 23.6 Å². The zero-order valence-corrected chi connectivity index (χ0v) is 10.2. The van der Waals surface area contributed by atoms with E-state index < -0.39 is 0 Å². The summed E-state index contributed by atoms with van der Waals surface area (Å²) in [4.78, 5) is 16.0. The quantitative estimate of drug-likeness (QED) is 0.760. The van der Waals surface area contributed by atoms with Crippen LogP contribution < -0.4 is 0 Å². The fourth-order valence-electron chi connectivity index (χ4n) is 1.44. The molecule has 1 aliphatic heterocycles. The van der Waals surface area contributed by atoms with Gasteiger partial charge in [-0.05, 0) is 13.3 Å². The third-order valence-electron chi connectivity index (χ3n) is 2.32. The van der Waals surface area contributed by atoms with Crippen LogP contribution in [0.25, 0.3) is 0 Å². The highest BCUT2D eigenvalue weighted by atomic mass is 32.2. The Morgan fingerprint density at radius 2 is 2.67 bits per heavy atom. The molecule has 0 bridgehead atoms. The number of carbonyl (C=O) groups excluding carboxylic acids is 1. The van der Waals surface area contributed by atoms with Crippen LogP contribution in [-0.2, 0) is 9.53 Å². The van der Waals surface area contributed by atoms with Crippen LogP contribution in [0.3, 0.4) is 0 Å². The zero-order valence-electron chi connectivity index (χ0n) is 8.56. The summed E-state index contributed by atoms with van der Waals surface area (Å²) in [6.07, 6.45) is 0.885. The van der Waals surface area contributed by atoms with Gasteiger partial charge in [-0.25, -0.2) is 4.98 Å². The minimum absolute atomic E-state index is 0.124. The van der Waals surface area contributed by atoms with E-state index in [0.29, 0.717) is 18.1 Å². The number of aryl methyl sites for hydroxylation is 1. The Morgan fingerprint density at radius 3 is 3.27 bits per heavy atom. The number of hydrogen-bond donors (Lipinski definition) is 0. The predicted octanol–water partition coefficient (Wildman–Crippen LogP) is 2.15. The molecule has 0 spiro atoms. The molecule has 0 N–H and O–H groups in total. The predicted molar refractivity (Wildman–Crippen MR) is 61.5 cm³/mol. The highest BCUT2D eigenvalue weighted by Crippen LogP contribution is 2.24. The van der Waals surface area contributed by atoms with Gasteiger partial charge < -0.3 is 4.74 Å². The molecule has 3 nitrogen and oxygen atoms in total. The number of thioether (sulfide) groups is 1. The van der Waals surface area contributed by atoms with Crippen LogP contribution >= 0.6 is 23.1 Å². The summed E-state index contributed by atoms with van der Waals surface area (Å²) < 4.78 is 6.18. The van der Waals surface area contributed by atoms with Crippen molar-refractivity contribution in [1.82, 2.24) is 4.98 Å². The first-order chi connectivity index (χ1) is 7.25. The Hall–Kier alpha value is -0.390. The highest BCUT2D eigenvalue weighted by Gasteiger charge is 2.23. The Balaban J connectivity index is 1.80. The SMILES string of the molecule is Cc1csc(SCC(=O)C2CCOC2)n1. The van der Waals surface area contributed by atoms with E-state index >= 15 is 0 Å². The Morgan fingerprint density at radius 1 is 1.80 bits per heavy atom. The molecule has 0 aromatic carbocycles. The second-order valence-corrected chi connectivity index (χ2v) is 5.65. The molecule has 1 aromatic heterocycles. The first kappa shape index (κ1) is 11.1. The lowest BCUT2D eigenvalue weighted by Crippen LogP contribution is -2.16. The standard InChI is InChI=1S/C10H13NO2S2/c1-7-5-14-10(11-7)15-6-9(12)8-2-3-13-4-8/h5,8H,2-4,6H2,1H3. The lowest BCUT2D eigenvalue weighted by molar-refractivity contribution is -0.120. The van der Waals surface area contributed by atoms with Crippen LogP contribution in [0, 0.1) is 12.8 Å². The van der Waals surface area contributed by atoms with Crippen molar-refractivity contribution in [3.8, 4) is 0 Å². The van der Waals surface area contributed by atoms with Crippen molar-refractivity contribution in [2.75, 3.05) is 19.0 Å². The Kier molecular flexibility index (Phi) is 3.77. The summed E-state index contributed by atoms with van der Waals surface area (Å²) in [5.74, 6) is 0.949. The number of aromatic nitrogens is 1. The Bertz CT molecular complexity index is 345. The third-order valence-corrected chi connectivity index (χ3v) is 4.48. The molecule has 0 amide bonds. The molecule has 0 aliphatic carbocycles. The summed E-state index contributed by atoms with van der Waals surface area (Å²) in [6, 6.07) is 0. The van der Waals surface area contributed by atoms with Crippen molar-refractivity contribution in [3.63, 3.8) is 0 Å². The van der Waals surface area contributed by atoms with E-state index in [0.717, 1.165) is 23.1 Å². The molecule has 2 heterocycles. The monoisotopic (exact) mass is 243 g/mol. The molecule has 0 saturated carbocycles. The van der Waals surface area contributed by atoms with Crippen LogP contribution in [0.2, 0.25) is 0 Å². The molecule has 0 radical (unpaired) electrons. The second-order valence-electron chi connectivity index (χ2n) is 3.57. The molecule has 1 aromatic rings. The second kappa shape index (κ2) is 5.09. The average molecular weight is 243 g/mol. The molecule has 15 heavy (non-hydrogen) atoms. The topological polar surface area (TPSA) is 39.2 Å². The van der Waals surface area contributed by atoms with Gasteiger partial charge in [-0.1, -0.05) is 11.8 Å². The van der Waals surface area contributed by atoms with Crippen LogP contribution in [0.1, 0.15) is 12.1 Å². The van der Waals surface area contributed by atoms with Gasteiger partial charge in [-0.15, -0.1) is 11.3 Å². The lowest BCUT2D eigenvalue weighted by Gasteiger charge is -2.04. The van der Waals surface area contributed by atoms with Crippen molar-refractivity contribution in [2.45, 2.75) is 17.7 Å². The largest absolute Gasteiger partial charge is 0.381 e. The molecule has 1 saturated heterocycles. The molecule has 2 rings (SSSR count). The van der Waals surface area contributed by atoms with E-state index in [1.165, 1.54) is 11.8 Å². The van der Waals surface area contributed by atoms with Gasteiger partial charge in [0.2, 0.25) is 0 Å². The number of rotatable bonds is 4. The van der Waals surface area contributed by atoms with Crippen molar-refractivity contribution >= 4 is 28.9 Å². The molecule has 1 fully saturated rings. The number of Topliss-reactive ketones (excluding diaryl/α,β-unsaturated/α-hetero) is 1. The molecule has 1 atom stereocenters. The van der Waals surface area contributed by atoms with E-state index in [1.807, 2.05) is 12.3 Å². The van der Waals surface area contributed by atoms with Gasteiger partial charge in [0.15, 0.2) is 4.34 Å². The number of carbonyl (C=O) groups is 1. The summed E-state index contributed by atoms with van der Waals surface area (Å²) >= 11 is 3.14. The minimum atomic E-state index is 0.124. The molecule has 5 heteroatoms. The van der Waals surface area contributed by atoms with Crippen LogP contribution in [0.15, 0.2) is 9.72 Å². The van der Waals surface area contributed by atoms with E-state index in [1.54, 1.807) is 11.3 Å². The summed E-state index contributed by atoms with van der Waals surface area (Å²) in [7, 11) is 0. The van der Waals surface area contributed by atoms with Crippen molar-refractivity contribution < 1.29 is 9.53 Å². The third kappa shape index (κ3) is 3.03. The lowest BCUT2D eigenvalue weighted by atomic mass is 10.1. The molecule has 82 valence electrons. The number of hydrogen-bond acceptors (Lipinski definition) is 5. The molecular formula is C10H13NO2S2. The van der Waals surface area contributed by atoms with Crippen LogP contribution in [0.5, 0.6) is 0 Å². The number of nitrogens with zero attached hydrogens (tertiary/aromatic N) is 1. The molecule has 1 unspecified atom stereocenters. The maximum atomic E-state index is 11.7. The van der Waals surface area contributed by atoms with Gasteiger partial charge in [0.05, 0.1) is 12.4 Å². The fourth-order valence-corrected chi connectivity index (χ4v) is 3.26. The number of ether oxygens (including phenoxy) is 1. The van der Waals surface area contributed by atoms with E-state index in [2.05, 4.69) is 4.98 Å². The van der Waals surface area contributed by atoms with Crippen LogP contribution in [-0.4, -0.2) is 29.7 Å². The maximum Gasteiger partial charge on any atom is 0.150 e. The first-order valence-corrected chi connectivity index (χ1v) is 6.77. The summed E-state index contributed by atoms with van der Waals surface area (Å²) in [5.41, 5.74) is 1.03. The van der Waals surface area contributed by atoms with Gasteiger partial charge >= 0.3 is 0 Å².